The van der Waals surface area contributed by atoms with Crippen LogP contribution in [-0.2, 0) is 11.2 Å². The summed E-state index contributed by atoms with van der Waals surface area (Å²) in [6, 6.07) is 5.85. The number of carbonyl (C=O) groups is 1. The number of nitrogens with one attached hydrogen (secondary N) is 1. The summed E-state index contributed by atoms with van der Waals surface area (Å²) in [5.74, 6) is 1.49. The fourth-order valence-electron chi connectivity index (χ4n) is 1.59. The molecule has 1 rings (SSSR count). The van der Waals surface area contributed by atoms with Crippen LogP contribution in [0.4, 0.5) is 0 Å². The quantitative estimate of drug-likeness (QED) is 0.745. The molecular formula is C14H20BrNO3. The van der Waals surface area contributed by atoms with Crippen molar-refractivity contribution in [2.75, 3.05) is 25.6 Å². The molecule has 0 saturated heterocycles. The Labute approximate surface area is 122 Å². The fraction of sp³-hybridized carbons (Fsp3) is 0.500. The van der Waals surface area contributed by atoms with Gasteiger partial charge >= 0.3 is 0 Å². The maximum absolute atomic E-state index is 11.1. The van der Waals surface area contributed by atoms with Crippen molar-refractivity contribution in [1.82, 2.24) is 5.32 Å². The van der Waals surface area contributed by atoms with E-state index < -0.39 is 0 Å². The van der Waals surface area contributed by atoms with Gasteiger partial charge in [-0.3, -0.25) is 4.79 Å². The average molecular weight is 330 g/mol. The second-order valence-electron chi connectivity index (χ2n) is 4.07. The molecule has 0 unspecified atom stereocenters. The van der Waals surface area contributed by atoms with E-state index in [-0.39, 0.29) is 5.91 Å². The molecule has 0 bridgehead atoms. The summed E-state index contributed by atoms with van der Waals surface area (Å²) in [5.41, 5.74) is 1.11. The monoisotopic (exact) mass is 329 g/mol. The normalized spacial score (nSPS) is 10.1. The molecule has 0 aliphatic carbocycles. The van der Waals surface area contributed by atoms with Crippen molar-refractivity contribution in [3.8, 4) is 11.5 Å². The zero-order chi connectivity index (χ0) is 14.1. The summed E-state index contributed by atoms with van der Waals surface area (Å²) in [4.78, 5) is 11.1. The second kappa shape index (κ2) is 8.80. The van der Waals surface area contributed by atoms with Crippen molar-refractivity contribution in [2.24, 2.45) is 0 Å². The number of amides is 1. The number of methoxy groups -OCH3 is 1. The van der Waals surface area contributed by atoms with Gasteiger partial charge in [0.15, 0.2) is 11.5 Å². The highest BCUT2D eigenvalue weighted by Crippen LogP contribution is 2.28. The molecule has 0 atom stereocenters. The van der Waals surface area contributed by atoms with Gasteiger partial charge in [-0.15, -0.1) is 0 Å². The van der Waals surface area contributed by atoms with E-state index in [0.717, 1.165) is 29.9 Å². The molecule has 1 aromatic carbocycles. The maximum atomic E-state index is 11.1. The van der Waals surface area contributed by atoms with Gasteiger partial charge in [-0.05, 0) is 30.5 Å². The third kappa shape index (κ3) is 5.51. The van der Waals surface area contributed by atoms with Gasteiger partial charge in [-0.25, -0.2) is 0 Å². The summed E-state index contributed by atoms with van der Waals surface area (Å²) >= 11 is 3.11. The zero-order valence-corrected chi connectivity index (χ0v) is 13.0. The largest absolute Gasteiger partial charge is 0.493 e. The molecule has 4 nitrogen and oxygen atoms in total. The molecule has 0 spiro atoms. The minimum Gasteiger partial charge on any atom is -0.493 e. The van der Waals surface area contributed by atoms with Gasteiger partial charge in [0.2, 0.25) is 5.91 Å². The first-order valence-corrected chi connectivity index (χ1v) is 7.45. The number of benzene rings is 1. The number of ether oxygens (including phenoxy) is 2. The predicted molar refractivity (Wildman–Crippen MR) is 79.3 cm³/mol. The highest BCUT2D eigenvalue weighted by Gasteiger charge is 2.06. The van der Waals surface area contributed by atoms with Crippen LogP contribution in [0.25, 0.3) is 0 Å². The van der Waals surface area contributed by atoms with Crippen LogP contribution in [0.2, 0.25) is 0 Å². The van der Waals surface area contributed by atoms with E-state index in [1.807, 2.05) is 18.2 Å². The van der Waals surface area contributed by atoms with Crippen LogP contribution in [0.3, 0.4) is 0 Å². The third-order valence-electron chi connectivity index (χ3n) is 2.55. The first-order chi connectivity index (χ1) is 9.21. The molecule has 0 heterocycles. The lowest BCUT2D eigenvalue weighted by atomic mass is 10.1. The van der Waals surface area contributed by atoms with Crippen molar-refractivity contribution in [1.29, 1.82) is 0 Å². The highest BCUT2D eigenvalue weighted by molar-refractivity contribution is 9.09. The van der Waals surface area contributed by atoms with E-state index in [9.17, 15) is 4.79 Å². The van der Waals surface area contributed by atoms with Crippen molar-refractivity contribution in [3.05, 3.63) is 23.8 Å². The summed E-state index contributed by atoms with van der Waals surface area (Å²) in [5, 5.41) is 3.15. The van der Waals surface area contributed by atoms with Gasteiger partial charge in [0.25, 0.3) is 0 Å². The zero-order valence-electron chi connectivity index (χ0n) is 11.4. The molecule has 5 heteroatoms. The van der Waals surface area contributed by atoms with Gasteiger partial charge in [0.1, 0.15) is 0 Å². The standard InChI is InChI=1S/C14H20BrNO3/c1-3-8-19-13-9-11(4-5-12(13)18-2)6-7-16-14(17)10-15/h4-5,9H,3,6-8,10H2,1-2H3,(H,16,17). The van der Waals surface area contributed by atoms with Gasteiger partial charge in [-0.1, -0.05) is 28.9 Å². The molecule has 0 saturated carbocycles. The van der Waals surface area contributed by atoms with E-state index in [1.165, 1.54) is 0 Å². The molecule has 0 aromatic heterocycles. The first-order valence-electron chi connectivity index (χ1n) is 6.33. The van der Waals surface area contributed by atoms with Crippen molar-refractivity contribution in [3.63, 3.8) is 0 Å². The number of alkyl halides is 1. The number of hydrogen-bond acceptors (Lipinski definition) is 3. The lowest BCUT2D eigenvalue weighted by Crippen LogP contribution is -2.26. The SMILES string of the molecule is CCCOc1cc(CCNC(=O)CBr)ccc1OC. The number of halogens is 1. The minimum atomic E-state index is -0.00373. The van der Waals surface area contributed by atoms with Crippen LogP contribution in [0.1, 0.15) is 18.9 Å². The van der Waals surface area contributed by atoms with E-state index in [1.54, 1.807) is 7.11 Å². The van der Waals surface area contributed by atoms with Crippen LogP contribution in [-0.4, -0.2) is 31.5 Å². The van der Waals surface area contributed by atoms with Crippen LogP contribution in [0.5, 0.6) is 11.5 Å². The van der Waals surface area contributed by atoms with Crippen molar-refractivity contribution in [2.45, 2.75) is 19.8 Å². The Morgan fingerprint density at radius 3 is 2.79 bits per heavy atom. The minimum absolute atomic E-state index is 0.00373. The van der Waals surface area contributed by atoms with E-state index in [2.05, 4.69) is 28.2 Å². The molecule has 1 aromatic rings. The lowest BCUT2D eigenvalue weighted by Gasteiger charge is -2.12. The summed E-state index contributed by atoms with van der Waals surface area (Å²) in [6.07, 6.45) is 1.72. The maximum Gasteiger partial charge on any atom is 0.230 e. The molecule has 1 amide bonds. The molecule has 0 fully saturated rings. The molecule has 0 aliphatic rings. The summed E-state index contributed by atoms with van der Waals surface area (Å²) in [7, 11) is 1.63. The summed E-state index contributed by atoms with van der Waals surface area (Å²) < 4.78 is 10.9. The van der Waals surface area contributed by atoms with E-state index in [0.29, 0.717) is 18.5 Å². The Kier molecular flexibility index (Phi) is 7.33. The van der Waals surface area contributed by atoms with Crippen molar-refractivity contribution >= 4 is 21.8 Å². The van der Waals surface area contributed by atoms with Crippen molar-refractivity contribution < 1.29 is 14.3 Å². The Bertz CT molecular complexity index is 410. The van der Waals surface area contributed by atoms with Gasteiger partial charge in [-0.2, -0.15) is 0 Å². The Morgan fingerprint density at radius 2 is 2.16 bits per heavy atom. The van der Waals surface area contributed by atoms with E-state index >= 15 is 0 Å². The lowest BCUT2D eigenvalue weighted by molar-refractivity contribution is -0.118. The van der Waals surface area contributed by atoms with Crippen LogP contribution < -0.4 is 14.8 Å². The fourth-order valence-corrected chi connectivity index (χ4v) is 1.79. The molecule has 0 radical (unpaired) electrons. The predicted octanol–water partition coefficient (Wildman–Crippen LogP) is 2.54. The van der Waals surface area contributed by atoms with Crippen LogP contribution >= 0.6 is 15.9 Å². The van der Waals surface area contributed by atoms with Gasteiger partial charge in [0.05, 0.1) is 19.0 Å². The number of rotatable bonds is 8. The average Bonchev–Trinajstić information content (AvgIpc) is 2.45. The van der Waals surface area contributed by atoms with E-state index in [4.69, 9.17) is 9.47 Å². The van der Waals surface area contributed by atoms with Crippen LogP contribution in [0, 0.1) is 0 Å². The number of carbonyl (C=O) groups excluding carboxylic acids is 1. The van der Waals surface area contributed by atoms with Gasteiger partial charge < -0.3 is 14.8 Å². The Hall–Kier alpha value is -1.23. The molecule has 106 valence electrons. The Morgan fingerprint density at radius 1 is 1.37 bits per heavy atom. The number of hydrogen-bond donors (Lipinski definition) is 1. The third-order valence-corrected chi connectivity index (χ3v) is 3.06. The molecule has 0 aliphatic heterocycles. The first kappa shape index (κ1) is 15.8. The Balaban J connectivity index is 2.61. The van der Waals surface area contributed by atoms with Crippen LogP contribution in [0.15, 0.2) is 18.2 Å². The topological polar surface area (TPSA) is 47.6 Å². The molecule has 1 N–H and O–H groups in total. The van der Waals surface area contributed by atoms with Gasteiger partial charge in [0, 0.05) is 6.54 Å². The second-order valence-corrected chi connectivity index (χ2v) is 4.63. The smallest absolute Gasteiger partial charge is 0.230 e. The highest BCUT2D eigenvalue weighted by atomic mass is 79.9. The molecule has 19 heavy (non-hydrogen) atoms. The molecular weight excluding hydrogens is 310 g/mol. The summed E-state index contributed by atoms with van der Waals surface area (Å²) in [6.45, 7) is 3.34.